The maximum atomic E-state index is 13.2. The van der Waals surface area contributed by atoms with E-state index in [2.05, 4.69) is 16.1 Å². The highest BCUT2D eigenvalue weighted by molar-refractivity contribution is 5.84. The van der Waals surface area contributed by atoms with Gasteiger partial charge in [0.2, 0.25) is 5.91 Å². The summed E-state index contributed by atoms with van der Waals surface area (Å²) in [4.78, 5) is 30.2. The van der Waals surface area contributed by atoms with E-state index in [0.717, 1.165) is 34.9 Å². The van der Waals surface area contributed by atoms with Gasteiger partial charge in [0.1, 0.15) is 18.1 Å². The number of halogens is 3. The lowest BCUT2D eigenvalue weighted by Gasteiger charge is -2.26. The molecule has 1 aromatic carbocycles. The molecule has 0 unspecified atom stereocenters. The van der Waals surface area contributed by atoms with Gasteiger partial charge in [0.25, 0.3) is 0 Å². The van der Waals surface area contributed by atoms with Crippen molar-refractivity contribution in [3.8, 4) is 5.75 Å². The van der Waals surface area contributed by atoms with Crippen molar-refractivity contribution in [3.05, 3.63) is 52.7 Å². The molecule has 1 aromatic heterocycles. The van der Waals surface area contributed by atoms with E-state index >= 15 is 0 Å². The summed E-state index contributed by atoms with van der Waals surface area (Å²) in [7, 11) is 1.19. The third kappa shape index (κ3) is 5.67. The first-order valence-corrected chi connectivity index (χ1v) is 12.6. The summed E-state index contributed by atoms with van der Waals surface area (Å²) >= 11 is 0. The number of anilines is 1. The largest absolute Gasteiger partial charge is 0.493 e. The SMILES string of the molecule is COC(=O)C[C@@H]1Cc2ccc(OCCc3ccc4c(n3)NCCC43CC3)cc2CN(CC(F)(F)F)C1=O. The minimum atomic E-state index is -4.56. The molecule has 3 heterocycles. The van der Waals surface area contributed by atoms with Gasteiger partial charge in [-0.15, -0.1) is 0 Å². The summed E-state index contributed by atoms with van der Waals surface area (Å²) < 4.78 is 50.2. The van der Waals surface area contributed by atoms with Crippen LogP contribution in [0.5, 0.6) is 5.75 Å². The standard InChI is InChI=1S/C27H30F3N3O4/c1-36-23(34)14-18-12-17-2-4-21(13-19(17)15-33(25(18)35)16-27(28,29)30)37-11-6-20-3-5-22-24(32-20)31-10-9-26(22)7-8-26/h2-5,13,18H,6-12,14-16H2,1H3,(H,31,32)/t18-/m0/s1. The van der Waals surface area contributed by atoms with E-state index in [-0.39, 0.29) is 19.4 Å². The Morgan fingerprint density at radius 1 is 1.19 bits per heavy atom. The van der Waals surface area contributed by atoms with Crippen LogP contribution in [-0.4, -0.2) is 54.7 Å². The molecule has 1 aliphatic carbocycles. The molecule has 3 aliphatic rings. The number of benzene rings is 1. The molecule has 0 saturated heterocycles. The molecular weight excluding hydrogens is 487 g/mol. The van der Waals surface area contributed by atoms with E-state index in [1.54, 1.807) is 18.2 Å². The summed E-state index contributed by atoms with van der Waals surface area (Å²) in [6.45, 7) is -0.301. The van der Waals surface area contributed by atoms with Gasteiger partial charge in [0.15, 0.2) is 0 Å². The van der Waals surface area contributed by atoms with E-state index in [9.17, 15) is 22.8 Å². The highest BCUT2D eigenvalue weighted by Crippen LogP contribution is 2.54. The van der Waals surface area contributed by atoms with E-state index in [1.165, 1.54) is 25.5 Å². The maximum Gasteiger partial charge on any atom is 0.406 e. The van der Waals surface area contributed by atoms with Crippen molar-refractivity contribution in [2.24, 2.45) is 5.92 Å². The molecule has 2 aliphatic heterocycles. The Bertz CT molecular complexity index is 1200. The molecule has 0 radical (unpaired) electrons. The predicted molar refractivity (Wildman–Crippen MR) is 129 cm³/mol. The molecule has 1 fully saturated rings. The van der Waals surface area contributed by atoms with Crippen LogP contribution < -0.4 is 10.1 Å². The smallest absolute Gasteiger partial charge is 0.406 e. The average Bonchev–Trinajstić information content (AvgIpc) is 3.64. The summed E-state index contributed by atoms with van der Waals surface area (Å²) in [5.41, 5.74) is 3.83. The number of nitrogens with one attached hydrogen (secondary N) is 1. The monoisotopic (exact) mass is 517 g/mol. The van der Waals surface area contributed by atoms with Crippen molar-refractivity contribution in [1.29, 1.82) is 0 Å². The number of rotatable bonds is 7. The van der Waals surface area contributed by atoms with Crippen molar-refractivity contribution < 1.29 is 32.2 Å². The van der Waals surface area contributed by atoms with Crippen LogP contribution in [0.25, 0.3) is 0 Å². The number of esters is 1. The number of carbonyl (C=O) groups excluding carboxylic acids is 2. The van der Waals surface area contributed by atoms with Gasteiger partial charge < -0.3 is 19.7 Å². The number of methoxy groups -OCH3 is 1. The van der Waals surface area contributed by atoms with Crippen LogP contribution in [-0.2, 0) is 39.1 Å². The molecule has 1 N–H and O–H groups in total. The first-order valence-electron chi connectivity index (χ1n) is 12.6. The molecule has 7 nitrogen and oxygen atoms in total. The fourth-order valence-corrected chi connectivity index (χ4v) is 5.43. The highest BCUT2D eigenvalue weighted by atomic mass is 19.4. The molecular formula is C27H30F3N3O4. The van der Waals surface area contributed by atoms with E-state index in [0.29, 0.717) is 29.8 Å². The predicted octanol–water partition coefficient (Wildman–Crippen LogP) is 4.18. The van der Waals surface area contributed by atoms with Crippen LogP contribution in [0.4, 0.5) is 19.0 Å². The number of amides is 1. The second kappa shape index (κ2) is 9.87. The summed E-state index contributed by atoms with van der Waals surface area (Å²) in [6.07, 6.45) is -0.494. The molecule has 2 aromatic rings. The van der Waals surface area contributed by atoms with Crippen molar-refractivity contribution in [2.75, 3.05) is 32.1 Å². The Balaban J connectivity index is 1.27. The molecule has 1 saturated carbocycles. The summed E-state index contributed by atoms with van der Waals surface area (Å²) in [6, 6.07) is 9.39. The van der Waals surface area contributed by atoms with Crippen molar-refractivity contribution in [1.82, 2.24) is 9.88 Å². The number of alkyl halides is 3. The number of carbonyl (C=O) groups is 2. The van der Waals surface area contributed by atoms with Crippen molar-refractivity contribution in [2.45, 2.75) is 56.7 Å². The van der Waals surface area contributed by atoms with Crippen LogP contribution in [0.2, 0.25) is 0 Å². The maximum absolute atomic E-state index is 13.2. The molecule has 1 spiro atoms. The topological polar surface area (TPSA) is 80.8 Å². The van der Waals surface area contributed by atoms with Crippen LogP contribution >= 0.6 is 0 Å². The van der Waals surface area contributed by atoms with Crippen LogP contribution in [0.3, 0.4) is 0 Å². The lowest BCUT2D eigenvalue weighted by Crippen LogP contribution is -2.41. The van der Waals surface area contributed by atoms with Gasteiger partial charge in [-0.05, 0) is 55.0 Å². The molecule has 0 bridgehead atoms. The van der Waals surface area contributed by atoms with Crippen LogP contribution in [0.15, 0.2) is 30.3 Å². The number of fused-ring (bicyclic) bond motifs is 3. The van der Waals surface area contributed by atoms with Gasteiger partial charge in [-0.3, -0.25) is 9.59 Å². The average molecular weight is 518 g/mol. The number of nitrogens with zero attached hydrogens (tertiary/aromatic N) is 2. The second-order valence-electron chi connectivity index (χ2n) is 10.2. The third-order valence-electron chi connectivity index (χ3n) is 7.58. The molecule has 198 valence electrons. The zero-order chi connectivity index (χ0) is 26.2. The Labute approximate surface area is 213 Å². The van der Waals surface area contributed by atoms with Gasteiger partial charge in [-0.1, -0.05) is 12.1 Å². The van der Waals surface area contributed by atoms with Crippen molar-refractivity contribution >= 4 is 17.7 Å². The number of hydrogen-bond acceptors (Lipinski definition) is 6. The fourth-order valence-electron chi connectivity index (χ4n) is 5.43. The van der Waals surface area contributed by atoms with Gasteiger partial charge in [0, 0.05) is 36.2 Å². The summed E-state index contributed by atoms with van der Waals surface area (Å²) in [5.74, 6) is -0.783. The number of ether oxygens (including phenoxy) is 2. The van der Waals surface area contributed by atoms with Gasteiger partial charge in [0.05, 0.1) is 26.1 Å². The molecule has 5 rings (SSSR count). The molecule has 10 heteroatoms. The number of pyridine rings is 1. The molecule has 1 amide bonds. The second-order valence-corrected chi connectivity index (χ2v) is 10.2. The lowest BCUT2D eigenvalue weighted by molar-refractivity contribution is -0.165. The van der Waals surface area contributed by atoms with Gasteiger partial charge >= 0.3 is 12.1 Å². The van der Waals surface area contributed by atoms with E-state index in [1.807, 2.05) is 6.07 Å². The quantitative estimate of drug-likeness (QED) is 0.556. The Morgan fingerprint density at radius 3 is 2.73 bits per heavy atom. The van der Waals surface area contributed by atoms with Crippen LogP contribution in [0, 0.1) is 5.92 Å². The fraction of sp³-hybridized carbons (Fsp3) is 0.519. The Morgan fingerprint density at radius 2 is 2.00 bits per heavy atom. The first kappa shape index (κ1) is 25.4. The molecule has 1 atom stereocenters. The van der Waals surface area contributed by atoms with Crippen molar-refractivity contribution in [3.63, 3.8) is 0 Å². The third-order valence-corrected chi connectivity index (χ3v) is 7.58. The Hall–Kier alpha value is -3.30. The lowest BCUT2D eigenvalue weighted by atomic mass is 9.90. The Kier molecular flexibility index (Phi) is 6.76. The number of hydrogen-bond donors (Lipinski definition) is 1. The minimum absolute atomic E-state index is 0.158. The first-order chi connectivity index (χ1) is 17.7. The highest BCUT2D eigenvalue weighted by Gasteiger charge is 2.47. The van der Waals surface area contributed by atoms with Gasteiger partial charge in [-0.25, -0.2) is 4.98 Å². The van der Waals surface area contributed by atoms with Gasteiger partial charge in [-0.2, -0.15) is 13.2 Å². The number of aromatic nitrogens is 1. The summed E-state index contributed by atoms with van der Waals surface area (Å²) in [5, 5.41) is 3.40. The van der Waals surface area contributed by atoms with E-state index in [4.69, 9.17) is 9.72 Å². The zero-order valence-corrected chi connectivity index (χ0v) is 20.7. The van der Waals surface area contributed by atoms with E-state index < -0.39 is 30.5 Å². The molecule has 37 heavy (non-hydrogen) atoms. The van der Waals surface area contributed by atoms with Crippen LogP contribution in [0.1, 0.15) is 48.1 Å². The zero-order valence-electron chi connectivity index (χ0n) is 20.7. The normalized spacial score (nSPS) is 19.9. The minimum Gasteiger partial charge on any atom is -0.493 e.